The highest BCUT2D eigenvalue weighted by atomic mass is 79.9. The second kappa shape index (κ2) is 4.39. The minimum Gasteiger partial charge on any atom is -0.338 e. The van der Waals surface area contributed by atoms with Crippen LogP contribution in [0.25, 0.3) is 21.8 Å². The van der Waals surface area contributed by atoms with Gasteiger partial charge in [0, 0.05) is 36.8 Å². The highest BCUT2D eigenvalue weighted by molar-refractivity contribution is 9.10. The summed E-state index contributed by atoms with van der Waals surface area (Å²) in [7, 11) is 0. The molecule has 0 atom stereocenters. The maximum absolute atomic E-state index is 3.56. The monoisotopic (exact) mass is 365 g/mol. The van der Waals surface area contributed by atoms with Gasteiger partial charge in [-0.2, -0.15) is 0 Å². The highest BCUT2D eigenvalue weighted by Gasteiger charge is 2.12. The molecule has 1 heterocycles. The fourth-order valence-corrected chi connectivity index (χ4v) is 3.28. The van der Waals surface area contributed by atoms with E-state index in [9.17, 15) is 0 Å². The molecule has 0 aliphatic carbocycles. The van der Waals surface area contributed by atoms with E-state index >= 15 is 0 Å². The Morgan fingerprint density at radius 1 is 0.833 bits per heavy atom. The van der Waals surface area contributed by atoms with Gasteiger partial charge < -0.3 is 4.57 Å². The molecule has 0 bridgehead atoms. The van der Waals surface area contributed by atoms with Gasteiger partial charge >= 0.3 is 0 Å². The third kappa shape index (κ3) is 1.81. The van der Waals surface area contributed by atoms with E-state index in [2.05, 4.69) is 86.7 Å². The standard InChI is InChI=1S/C15H13Br2N/c1-9(2)18-14-5-3-10(16)7-12(14)13-8-11(17)4-6-15(13)18/h3-9H,1-2H3. The number of halogens is 2. The van der Waals surface area contributed by atoms with Crippen molar-refractivity contribution >= 4 is 53.7 Å². The van der Waals surface area contributed by atoms with Crippen LogP contribution in [0.5, 0.6) is 0 Å². The van der Waals surface area contributed by atoms with Crippen molar-refractivity contribution in [3.8, 4) is 0 Å². The molecule has 0 aliphatic rings. The molecular weight excluding hydrogens is 354 g/mol. The average molecular weight is 367 g/mol. The summed E-state index contributed by atoms with van der Waals surface area (Å²) in [6, 6.07) is 13.4. The predicted molar refractivity (Wildman–Crippen MR) is 85.2 cm³/mol. The molecule has 0 saturated heterocycles. The summed E-state index contributed by atoms with van der Waals surface area (Å²) in [4.78, 5) is 0. The van der Waals surface area contributed by atoms with Crippen molar-refractivity contribution < 1.29 is 0 Å². The van der Waals surface area contributed by atoms with Gasteiger partial charge in [0.2, 0.25) is 0 Å². The summed E-state index contributed by atoms with van der Waals surface area (Å²) in [5.41, 5.74) is 2.59. The number of hydrogen-bond acceptors (Lipinski definition) is 0. The molecule has 3 aromatic rings. The molecule has 1 nitrogen and oxygen atoms in total. The Bertz CT molecular complexity index is 682. The first kappa shape index (κ1) is 12.2. The number of rotatable bonds is 1. The van der Waals surface area contributed by atoms with Crippen molar-refractivity contribution in [1.29, 1.82) is 0 Å². The lowest BCUT2D eigenvalue weighted by Crippen LogP contribution is -1.99. The topological polar surface area (TPSA) is 4.93 Å². The summed E-state index contributed by atoms with van der Waals surface area (Å²) in [5, 5.41) is 2.60. The summed E-state index contributed by atoms with van der Waals surface area (Å²) in [6.45, 7) is 4.45. The molecule has 92 valence electrons. The maximum atomic E-state index is 3.56. The van der Waals surface area contributed by atoms with Crippen LogP contribution >= 0.6 is 31.9 Å². The van der Waals surface area contributed by atoms with Gasteiger partial charge in [0.25, 0.3) is 0 Å². The molecule has 0 unspecified atom stereocenters. The summed E-state index contributed by atoms with van der Waals surface area (Å²) in [6.07, 6.45) is 0. The number of benzene rings is 2. The number of hydrogen-bond donors (Lipinski definition) is 0. The molecule has 2 aromatic carbocycles. The molecule has 0 fully saturated rings. The first-order valence-electron chi connectivity index (χ1n) is 5.96. The lowest BCUT2D eigenvalue weighted by Gasteiger charge is -2.11. The van der Waals surface area contributed by atoms with Gasteiger partial charge in [0.05, 0.1) is 0 Å². The molecule has 1 aromatic heterocycles. The molecule has 3 rings (SSSR count). The quantitative estimate of drug-likeness (QED) is 0.505. The largest absolute Gasteiger partial charge is 0.338 e. The van der Waals surface area contributed by atoms with Crippen LogP contribution in [0.1, 0.15) is 19.9 Å². The first-order valence-corrected chi connectivity index (χ1v) is 7.55. The van der Waals surface area contributed by atoms with Gasteiger partial charge in [0.15, 0.2) is 0 Å². The summed E-state index contributed by atoms with van der Waals surface area (Å²) in [5.74, 6) is 0. The molecule has 3 heteroatoms. The second-order valence-corrected chi connectivity index (χ2v) is 6.62. The van der Waals surface area contributed by atoms with Crippen LogP contribution in [0, 0.1) is 0 Å². The Morgan fingerprint density at radius 2 is 1.28 bits per heavy atom. The van der Waals surface area contributed by atoms with E-state index in [4.69, 9.17) is 0 Å². The van der Waals surface area contributed by atoms with Gasteiger partial charge in [-0.05, 0) is 50.2 Å². The third-order valence-electron chi connectivity index (χ3n) is 3.24. The average Bonchev–Trinajstić information content (AvgIpc) is 2.62. The smallest absolute Gasteiger partial charge is 0.0494 e. The highest BCUT2D eigenvalue weighted by Crippen LogP contribution is 2.34. The Morgan fingerprint density at radius 3 is 1.67 bits per heavy atom. The number of fused-ring (bicyclic) bond motifs is 3. The van der Waals surface area contributed by atoms with Crippen LogP contribution in [0.3, 0.4) is 0 Å². The van der Waals surface area contributed by atoms with Crippen molar-refractivity contribution in [1.82, 2.24) is 4.57 Å². The summed E-state index contributed by atoms with van der Waals surface area (Å²) >= 11 is 7.12. The van der Waals surface area contributed by atoms with Gasteiger partial charge in [-0.15, -0.1) is 0 Å². The zero-order valence-electron chi connectivity index (χ0n) is 10.2. The first-order chi connectivity index (χ1) is 8.58. The van der Waals surface area contributed by atoms with Crippen LogP contribution in [-0.2, 0) is 0 Å². The Hall–Kier alpha value is -0.800. The Balaban J connectivity index is 2.56. The van der Waals surface area contributed by atoms with Gasteiger partial charge in [-0.3, -0.25) is 0 Å². The van der Waals surface area contributed by atoms with Crippen LogP contribution in [-0.4, -0.2) is 4.57 Å². The fourth-order valence-electron chi connectivity index (χ4n) is 2.55. The summed E-state index contributed by atoms with van der Waals surface area (Å²) < 4.78 is 4.64. The molecule has 0 spiro atoms. The fraction of sp³-hybridized carbons (Fsp3) is 0.200. The van der Waals surface area contributed by atoms with E-state index < -0.39 is 0 Å². The molecule has 0 amide bonds. The van der Waals surface area contributed by atoms with Crippen LogP contribution in [0.15, 0.2) is 45.3 Å². The van der Waals surface area contributed by atoms with Gasteiger partial charge in [-0.25, -0.2) is 0 Å². The SMILES string of the molecule is CC(C)n1c2ccc(Br)cc2c2cc(Br)ccc21. The van der Waals surface area contributed by atoms with Crippen LogP contribution < -0.4 is 0 Å². The molecular formula is C15H13Br2N. The molecule has 0 aliphatic heterocycles. The van der Waals surface area contributed by atoms with Crippen LogP contribution in [0.2, 0.25) is 0 Å². The minimum absolute atomic E-state index is 0.451. The normalized spacial score (nSPS) is 11.8. The molecule has 18 heavy (non-hydrogen) atoms. The predicted octanol–water partition coefficient (Wildman–Crippen LogP) is 5.90. The molecule has 0 radical (unpaired) electrons. The Labute approximate surface area is 123 Å². The maximum Gasteiger partial charge on any atom is 0.0494 e. The van der Waals surface area contributed by atoms with E-state index in [0.717, 1.165) is 8.95 Å². The van der Waals surface area contributed by atoms with Crippen molar-refractivity contribution in [3.63, 3.8) is 0 Å². The zero-order chi connectivity index (χ0) is 12.9. The van der Waals surface area contributed by atoms with E-state index in [1.165, 1.54) is 21.8 Å². The van der Waals surface area contributed by atoms with Crippen LogP contribution in [0.4, 0.5) is 0 Å². The van der Waals surface area contributed by atoms with Gasteiger partial charge in [-0.1, -0.05) is 31.9 Å². The molecule has 0 N–H and O–H groups in total. The van der Waals surface area contributed by atoms with Crippen molar-refractivity contribution in [2.24, 2.45) is 0 Å². The Kier molecular flexibility index (Phi) is 2.99. The van der Waals surface area contributed by atoms with E-state index in [1.54, 1.807) is 0 Å². The van der Waals surface area contributed by atoms with Crippen molar-refractivity contribution in [2.45, 2.75) is 19.9 Å². The van der Waals surface area contributed by atoms with Gasteiger partial charge in [0.1, 0.15) is 0 Å². The minimum atomic E-state index is 0.451. The van der Waals surface area contributed by atoms with Crippen molar-refractivity contribution in [3.05, 3.63) is 45.3 Å². The van der Waals surface area contributed by atoms with E-state index in [-0.39, 0.29) is 0 Å². The van der Waals surface area contributed by atoms with E-state index in [0.29, 0.717) is 6.04 Å². The lowest BCUT2D eigenvalue weighted by molar-refractivity contribution is 0.642. The number of nitrogens with zero attached hydrogens (tertiary/aromatic N) is 1. The number of aromatic nitrogens is 1. The van der Waals surface area contributed by atoms with Crippen molar-refractivity contribution in [2.75, 3.05) is 0 Å². The zero-order valence-corrected chi connectivity index (χ0v) is 13.4. The lowest BCUT2D eigenvalue weighted by atomic mass is 10.2. The molecule has 0 saturated carbocycles. The third-order valence-corrected chi connectivity index (χ3v) is 4.23. The second-order valence-electron chi connectivity index (χ2n) is 4.79. The van der Waals surface area contributed by atoms with E-state index in [1.807, 2.05) is 0 Å².